The molecule has 4 nitrogen and oxygen atoms in total. The Kier molecular flexibility index (Phi) is 2.86. The molecule has 1 atom stereocenters. The van der Waals surface area contributed by atoms with Crippen molar-refractivity contribution in [3.8, 4) is 0 Å². The molecule has 0 spiro atoms. The van der Waals surface area contributed by atoms with Crippen LogP contribution in [0.25, 0.3) is 0 Å². The van der Waals surface area contributed by atoms with Gasteiger partial charge in [0.15, 0.2) is 0 Å². The maximum atomic E-state index is 5.69. The molecule has 2 heterocycles. The largest absolute Gasteiger partial charge is 0.384 e. The van der Waals surface area contributed by atoms with Crippen LogP contribution in [-0.4, -0.2) is 28.0 Å². The van der Waals surface area contributed by atoms with Gasteiger partial charge in [0.1, 0.15) is 11.6 Å². The van der Waals surface area contributed by atoms with Crippen LogP contribution in [0.5, 0.6) is 0 Å². The van der Waals surface area contributed by atoms with E-state index in [1.165, 1.54) is 6.42 Å². The van der Waals surface area contributed by atoms with Crippen molar-refractivity contribution in [1.82, 2.24) is 14.9 Å². The summed E-state index contributed by atoms with van der Waals surface area (Å²) in [6.45, 7) is 7.37. The molecule has 0 bridgehead atoms. The maximum Gasteiger partial charge on any atom is 0.144 e. The molecular weight excluding hydrogens is 188 g/mol. The Balaban J connectivity index is 2.04. The van der Waals surface area contributed by atoms with Crippen LogP contribution in [0.2, 0.25) is 0 Å². The normalized spacial score (nSPS) is 22.1. The minimum Gasteiger partial charge on any atom is -0.384 e. The minimum atomic E-state index is 0.574. The average Bonchev–Trinajstić information content (AvgIpc) is 2.49. The van der Waals surface area contributed by atoms with Crippen molar-refractivity contribution in [1.29, 1.82) is 0 Å². The number of hydrogen-bond acceptors (Lipinski definition) is 4. The molecule has 2 rings (SSSR count). The highest BCUT2D eigenvalue weighted by atomic mass is 15.2. The fraction of sp³-hybridized carbons (Fsp3) is 0.636. The van der Waals surface area contributed by atoms with Crippen LogP contribution in [0.4, 0.5) is 5.82 Å². The first kappa shape index (κ1) is 10.4. The number of nitrogens with zero attached hydrogens (tertiary/aromatic N) is 3. The van der Waals surface area contributed by atoms with Gasteiger partial charge in [-0.3, -0.25) is 4.90 Å². The summed E-state index contributed by atoms with van der Waals surface area (Å²) in [7, 11) is 0. The quantitative estimate of drug-likeness (QED) is 0.790. The maximum absolute atomic E-state index is 5.69. The fourth-order valence-corrected chi connectivity index (χ4v) is 2.10. The number of hydrogen-bond donors (Lipinski definition) is 1. The van der Waals surface area contributed by atoms with Crippen molar-refractivity contribution in [3.63, 3.8) is 0 Å². The molecule has 1 fully saturated rings. The van der Waals surface area contributed by atoms with Gasteiger partial charge in [0.2, 0.25) is 0 Å². The van der Waals surface area contributed by atoms with Gasteiger partial charge in [0.25, 0.3) is 0 Å². The molecule has 1 unspecified atom stereocenters. The molecule has 4 heteroatoms. The zero-order valence-electron chi connectivity index (χ0n) is 9.40. The van der Waals surface area contributed by atoms with Crippen LogP contribution < -0.4 is 5.73 Å². The molecule has 0 aromatic carbocycles. The second kappa shape index (κ2) is 4.14. The van der Waals surface area contributed by atoms with E-state index in [-0.39, 0.29) is 0 Å². The molecule has 1 saturated heterocycles. The summed E-state index contributed by atoms with van der Waals surface area (Å²) >= 11 is 0. The molecule has 1 aromatic heterocycles. The smallest absolute Gasteiger partial charge is 0.144 e. The topological polar surface area (TPSA) is 55.0 Å². The van der Waals surface area contributed by atoms with Crippen molar-refractivity contribution in [2.45, 2.75) is 26.8 Å². The molecule has 0 aliphatic carbocycles. The summed E-state index contributed by atoms with van der Waals surface area (Å²) in [5.74, 6) is 2.22. The van der Waals surface area contributed by atoms with Crippen molar-refractivity contribution in [2.75, 3.05) is 18.8 Å². The first-order valence-corrected chi connectivity index (χ1v) is 5.46. The average molecular weight is 206 g/mol. The number of nitrogens with two attached hydrogens (primary N) is 1. The molecule has 1 aliphatic heterocycles. The van der Waals surface area contributed by atoms with Crippen LogP contribution in [-0.2, 0) is 6.54 Å². The summed E-state index contributed by atoms with van der Waals surface area (Å²) in [4.78, 5) is 11.0. The van der Waals surface area contributed by atoms with E-state index in [2.05, 4.69) is 21.8 Å². The van der Waals surface area contributed by atoms with Gasteiger partial charge in [0, 0.05) is 18.3 Å². The number of aryl methyl sites for hydroxylation is 1. The highest BCUT2D eigenvalue weighted by Gasteiger charge is 2.19. The van der Waals surface area contributed by atoms with Crippen molar-refractivity contribution in [3.05, 3.63) is 17.6 Å². The van der Waals surface area contributed by atoms with Crippen LogP contribution in [0.3, 0.4) is 0 Å². The predicted molar refractivity (Wildman–Crippen MR) is 60.2 cm³/mol. The molecule has 0 saturated carbocycles. The fourth-order valence-electron chi connectivity index (χ4n) is 2.10. The third-order valence-corrected chi connectivity index (χ3v) is 2.79. The number of likely N-dealkylation sites (tertiary alicyclic amines) is 1. The van der Waals surface area contributed by atoms with Gasteiger partial charge >= 0.3 is 0 Å². The zero-order chi connectivity index (χ0) is 10.8. The highest BCUT2D eigenvalue weighted by molar-refractivity contribution is 5.29. The van der Waals surface area contributed by atoms with Gasteiger partial charge in [-0.05, 0) is 25.8 Å². The van der Waals surface area contributed by atoms with E-state index in [9.17, 15) is 0 Å². The Hall–Kier alpha value is -1.16. The van der Waals surface area contributed by atoms with Crippen LogP contribution in [0.15, 0.2) is 6.07 Å². The molecule has 2 N–H and O–H groups in total. The van der Waals surface area contributed by atoms with Crippen molar-refractivity contribution in [2.24, 2.45) is 5.92 Å². The predicted octanol–water partition coefficient (Wildman–Crippen LogP) is 1.21. The lowest BCUT2D eigenvalue weighted by Crippen LogP contribution is -2.21. The second-order valence-corrected chi connectivity index (χ2v) is 4.48. The Morgan fingerprint density at radius 1 is 1.53 bits per heavy atom. The van der Waals surface area contributed by atoms with Crippen LogP contribution >= 0.6 is 0 Å². The third-order valence-electron chi connectivity index (χ3n) is 2.79. The molecule has 0 amide bonds. The van der Waals surface area contributed by atoms with Gasteiger partial charge < -0.3 is 5.73 Å². The first-order chi connectivity index (χ1) is 7.13. The SMILES string of the molecule is Cc1cc(N)nc(CN2CCC(C)C2)n1. The number of rotatable bonds is 2. The molecular formula is C11H18N4. The number of anilines is 1. The lowest BCUT2D eigenvalue weighted by Gasteiger charge is -2.14. The van der Waals surface area contributed by atoms with Gasteiger partial charge in [-0.1, -0.05) is 6.92 Å². The second-order valence-electron chi connectivity index (χ2n) is 4.48. The first-order valence-electron chi connectivity index (χ1n) is 5.46. The van der Waals surface area contributed by atoms with E-state index in [0.717, 1.165) is 37.1 Å². The molecule has 1 aliphatic rings. The summed E-state index contributed by atoms with van der Waals surface area (Å²) in [5, 5.41) is 0. The van der Waals surface area contributed by atoms with E-state index in [0.29, 0.717) is 5.82 Å². The van der Waals surface area contributed by atoms with Crippen LogP contribution in [0, 0.1) is 12.8 Å². The summed E-state index contributed by atoms with van der Waals surface area (Å²) < 4.78 is 0. The molecule has 82 valence electrons. The van der Waals surface area contributed by atoms with E-state index in [1.54, 1.807) is 6.07 Å². The van der Waals surface area contributed by atoms with Gasteiger partial charge in [0.05, 0.1) is 6.54 Å². The summed E-state index contributed by atoms with van der Waals surface area (Å²) in [6.07, 6.45) is 1.28. The lowest BCUT2D eigenvalue weighted by atomic mass is 10.2. The van der Waals surface area contributed by atoms with E-state index in [1.807, 2.05) is 6.92 Å². The Morgan fingerprint density at radius 2 is 2.33 bits per heavy atom. The number of aromatic nitrogens is 2. The van der Waals surface area contributed by atoms with Gasteiger partial charge in [-0.25, -0.2) is 9.97 Å². The van der Waals surface area contributed by atoms with Crippen molar-refractivity contribution >= 4 is 5.82 Å². The lowest BCUT2D eigenvalue weighted by molar-refractivity contribution is 0.312. The third kappa shape index (κ3) is 2.65. The zero-order valence-corrected chi connectivity index (χ0v) is 9.40. The van der Waals surface area contributed by atoms with E-state index in [4.69, 9.17) is 5.73 Å². The summed E-state index contributed by atoms with van der Waals surface area (Å²) in [6, 6.07) is 1.80. The van der Waals surface area contributed by atoms with Gasteiger partial charge in [-0.15, -0.1) is 0 Å². The van der Waals surface area contributed by atoms with Crippen LogP contribution in [0.1, 0.15) is 24.9 Å². The van der Waals surface area contributed by atoms with E-state index >= 15 is 0 Å². The number of nitrogen functional groups attached to an aromatic ring is 1. The monoisotopic (exact) mass is 206 g/mol. The van der Waals surface area contributed by atoms with Gasteiger partial charge in [-0.2, -0.15) is 0 Å². The molecule has 0 radical (unpaired) electrons. The summed E-state index contributed by atoms with van der Waals surface area (Å²) in [5.41, 5.74) is 6.64. The standard InChI is InChI=1S/C11H18N4/c1-8-3-4-15(6-8)7-11-13-9(2)5-10(12)14-11/h5,8H,3-4,6-7H2,1-2H3,(H2,12,13,14). The highest BCUT2D eigenvalue weighted by Crippen LogP contribution is 2.16. The molecule has 1 aromatic rings. The Bertz CT molecular complexity index is 330. The molecule has 15 heavy (non-hydrogen) atoms. The minimum absolute atomic E-state index is 0.574. The Labute approximate surface area is 90.5 Å². The van der Waals surface area contributed by atoms with Crippen molar-refractivity contribution < 1.29 is 0 Å². The van der Waals surface area contributed by atoms with E-state index < -0.39 is 0 Å². The Morgan fingerprint density at radius 3 is 2.93 bits per heavy atom.